The molecule has 1 aromatic rings. The summed E-state index contributed by atoms with van der Waals surface area (Å²) in [5.74, 6) is 0.675. The van der Waals surface area contributed by atoms with E-state index in [9.17, 15) is 9.59 Å². The molecule has 0 spiro atoms. The second-order valence-electron chi connectivity index (χ2n) is 18.4. The number of unbranched alkanes of at least 4 members (excludes halogenated alkanes) is 1. The molecule has 8 atom stereocenters. The quantitative estimate of drug-likeness (QED) is 0.139. The highest BCUT2D eigenvalue weighted by Gasteiger charge is 2.47. The van der Waals surface area contributed by atoms with Crippen molar-refractivity contribution >= 4 is 28.6 Å². The minimum Gasteiger partial charge on any atom is -0.479 e. The third-order valence-electron chi connectivity index (χ3n) is 12.3. The van der Waals surface area contributed by atoms with Crippen molar-refractivity contribution in [3.05, 3.63) is 54.1 Å². The van der Waals surface area contributed by atoms with Crippen LogP contribution < -0.4 is 4.74 Å². The average molecular weight is 741 g/mol. The summed E-state index contributed by atoms with van der Waals surface area (Å²) in [7, 11) is -4.15. The predicted molar refractivity (Wildman–Crippen MR) is 211 cm³/mol. The monoisotopic (exact) mass is 740 g/mol. The Labute approximate surface area is 311 Å². The van der Waals surface area contributed by atoms with Crippen molar-refractivity contribution in [3.8, 4) is 5.75 Å². The molecule has 1 unspecified atom stereocenters. The smallest absolute Gasteiger partial charge is 0.347 e. The van der Waals surface area contributed by atoms with E-state index in [4.69, 9.17) is 23.1 Å². The maximum Gasteiger partial charge on any atom is 0.347 e. The van der Waals surface area contributed by atoms with E-state index in [0.717, 1.165) is 32.1 Å². The molecule has 3 aliphatic rings. The summed E-state index contributed by atoms with van der Waals surface area (Å²) in [6.07, 6.45) is 11.0. The third kappa shape index (κ3) is 10.9. The molecule has 4 rings (SSSR count). The average Bonchev–Trinajstić information content (AvgIpc) is 3.01. The van der Waals surface area contributed by atoms with E-state index in [1.165, 1.54) is 5.57 Å². The van der Waals surface area contributed by atoms with Crippen molar-refractivity contribution in [1.29, 1.82) is 0 Å². The Kier molecular flexibility index (Phi) is 13.7. The number of cyclic esters (lactones) is 1. The van der Waals surface area contributed by atoms with E-state index in [0.29, 0.717) is 25.0 Å². The lowest BCUT2D eigenvalue weighted by atomic mass is 9.66. The Bertz CT molecular complexity index is 1370. The predicted octanol–water partition coefficient (Wildman–Crippen LogP) is 10.6. The zero-order valence-electron chi connectivity index (χ0n) is 33.8. The number of hydrogen-bond donors (Lipinski definition) is 0. The number of hydrogen-bond acceptors (Lipinski definition) is 7. The van der Waals surface area contributed by atoms with Gasteiger partial charge in [-0.15, -0.1) is 0 Å². The number of rotatable bonds is 14. The lowest BCUT2D eigenvalue weighted by Gasteiger charge is -2.46. The summed E-state index contributed by atoms with van der Waals surface area (Å²) in [5, 5.41) is 0.115. The lowest BCUT2D eigenvalue weighted by molar-refractivity contribution is -0.164. The van der Waals surface area contributed by atoms with E-state index >= 15 is 0 Å². The minimum absolute atomic E-state index is 0.00957. The van der Waals surface area contributed by atoms with Crippen molar-refractivity contribution in [2.24, 2.45) is 17.8 Å². The molecule has 1 fully saturated rings. The van der Waals surface area contributed by atoms with Crippen LogP contribution in [0.2, 0.25) is 36.3 Å². The van der Waals surface area contributed by atoms with Crippen LogP contribution in [0.5, 0.6) is 5.75 Å². The summed E-state index contributed by atoms with van der Waals surface area (Å²) in [5.41, 5.74) is 1.18. The topological polar surface area (TPSA) is 80.3 Å². The number of para-hydroxylation sites is 1. The van der Waals surface area contributed by atoms with Crippen LogP contribution in [-0.2, 0) is 27.9 Å². The maximum absolute atomic E-state index is 14.1. The van der Waals surface area contributed by atoms with Gasteiger partial charge in [0.15, 0.2) is 22.7 Å². The van der Waals surface area contributed by atoms with Crippen LogP contribution in [0.1, 0.15) is 107 Å². The second kappa shape index (κ2) is 16.9. The number of fused-ring (bicyclic) bond motifs is 1. The van der Waals surface area contributed by atoms with Gasteiger partial charge in [-0.3, -0.25) is 4.79 Å². The Hall–Kier alpha value is -2.21. The molecule has 1 aliphatic heterocycles. The number of benzene rings is 1. The van der Waals surface area contributed by atoms with Crippen molar-refractivity contribution in [3.63, 3.8) is 0 Å². The molecular formula is C42H68O7Si2. The molecule has 2 aliphatic carbocycles. The molecular weight excluding hydrogens is 673 g/mol. The zero-order chi connectivity index (χ0) is 37.8. The van der Waals surface area contributed by atoms with Gasteiger partial charge in [0.25, 0.3) is 0 Å². The van der Waals surface area contributed by atoms with Gasteiger partial charge in [0.1, 0.15) is 18.0 Å². The van der Waals surface area contributed by atoms with Gasteiger partial charge in [0, 0.05) is 18.8 Å². The molecule has 51 heavy (non-hydrogen) atoms. The fourth-order valence-electron chi connectivity index (χ4n) is 7.19. The van der Waals surface area contributed by atoms with Crippen molar-refractivity contribution in [1.82, 2.24) is 0 Å². The second-order valence-corrected chi connectivity index (χ2v) is 27.9. The third-order valence-corrected chi connectivity index (χ3v) is 21.3. The number of esters is 2. The van der Waals surface area contributed by atoms with Crippen LogP contribution in [-0.4, -0.2) is 59.1 Å². The molecule has 0 amide bonds. The van der Waals surface area contributed by atoms with Gasteiger partial charge in [0.05, 0.1) is 18.6 Å². The highest BCUT2D eigenvalue weighted by atomic mass is 28.4. The van der Waals surface area contributed by atoms with Crippen LogP contribution in [0.3, 0.4) is 0 Å². The fourth-order valence-corrected chi connectivity index (χ4v) is 9.83. The molecule has 0 saturated carbocycles. The van der Waals surface area contributed by atoms with E-state index in [2.05, 4.69) is 99.8 Å². The molecule has 1 saturated heterocycles. The summed E-state index contributed by atoms with van der Waals surface area (Å²) in [6, 6.07) is 9.56. The summed E-state index contributed by atoms with van der Waals surface area (Å²) in [4.78, 5) is 27.0. The SMILES string of the molecule is CCCCC(Oc1ccccc1)C(=O)O[C@H]1C[C@H](O[Si](C)(C)C(C)(C)C)C=C2C=C[C@H](C)[C@H](CC[C@@H]3C[C@@H](O[Si](C)(C)C(C)(C)C)CC(=O)O3)[C@H]21. The van der Waals surface area contributed by atoms with Crippen LogP contribution in [0, 0.1) is 17.8 Å². The molecule has 0 N–H and O–H groups in total. The molecule has 0 radical (unpaired) electrons. The highest BCUT2D eigenvalue weighted by molar-refractivity contribution is 6.74. The Balaban J connectivity index is 1.58. The van der Waals surface area contributed by atoms with E-state index in [1.807, 2.05) is 30.3 Å². The Morgan fingerprint density at radius 3 is 2.22 bits per heavy atom. The van der Waals surface area contributed by atoms with Gasteiger partial charge in [-0.2, -0.15) is 0 Å². The molecule has 0 aromatic heterocycles. The summed E-state index contributed by atoms with van der Waals surface area (Å²) < 4.78 is 32.5. The standard InChI is InChI=1S/C42H68O7Si2/c1-13-14-20-36(45-31-18-16-15-17-19-31)40(44)47-37-27-33(48-50(9,10)41(3,4)5)25-30-22-21-29(2)35(39(30)37)24-23-32-26-34(28-38(43)46-32)49-51(11,12)42(6,7)8/h15-19,21-22,25,29,32-37,39H,13-14,20,23-24,26-28H2,1-12H3/t29-,32+,33+,34+,35-,36?,37-,39-/m0/s1. The Morgan fingerprint density at radius 1 is 0.941 bits per heavy atom. The number of ether oxygens (including phenoxy) is 3. The number of carbonyl (C=O) groups excluding carboxylic acids is 2. The first-order valence-electron chi connectivity index (χ1n) is 19.6. The van der Waals surface area contributed by atoms with Crippen LogP contribution in [0.15, 0.2) is 54.1 Å². The maximum atomic E-state index is 14.1. The van der Waals surface area contributed by atoms with Crippen LogP contribution in [0.25, 0.3) is 0 Å². The molecule has 0 bridgehead atoms. The number of allylic oxidation sites excluding steroid dienone is 2. The normalized spacial score (nSPS) is 28.0. The first kappa shape index (κ1) is 41.5. The summed E-state index contributed by atoms with van der Waals surface area (Å²) >= 11 is 0. The van der Waals surface area contributed by atoms with Crippen LogP contribution in [0.4, 0.5) is 0 Å². The minimum atomic E-state index is -2.11. The zero-order valence-corrected chi connectivity index (χ0v) is 35.8. The van der Waals surface area contributed by atoms with E-state index in [1.54, 1.807) is 0 Å². The van der Waals surface area contributed by atoms with Crippen LogP contribution >= 0.6 is 0 Å². The van der Waals surface area contributed by atoms with Gasteiger partial charge in [-0.1, -0.05) is 98.2 Å². The largest absolute Gasteiger partial charge is 0.479 e. The van der Waals surface area contributed by atoms with Crippen molar-refractivity contribution in [2.45, 2.75) is 174 Å². The first-order chi connectivity index (χ1) is 23.7. The molecule has 1 aromatic carbocycles. The first-order valence-corrected chi connectivity index (χ1v) is 25.4. The molecule has 1 heterocycles. The lowest BCUT2D eigenvalue weighted by Crippen LogP contribution is -2.49. The van der Waals surface area contributed by atoms with Gasteiger partial charge < -0.3 is 23.1 Å². The summed E-state index contributed by atoms with van der Waals surface area (Å²) in [6.45, 7) is 26.9. The van der Waals surface area contributed by atoms with Gasteiger partial charge in [0.2, 0.25) is 0 Å². The van der Waals surface area contributed by atoms with Gasteiger partial charge in [-0.05, 0) is 91.5 Å². The van der Waals surface area contributed by atoms with Crippen molar-refractivity contribution < 1.29 is 32.7 Å². The van der Waals surface area contributed by atoms with Gasteiger partial charge in [-0.25, -0.2) is 4.79 Å². The van der Waals surface area contributed by atoms with E-state index < -0.39 is 22.7 Å². The van der Waals surface area contributed by atoms with Gasteiger partial charge >= 0.3 is 11.9 Å². The molecule has 286 valence electrons. The van der Waals surface area contributed by atoms with Crippen molar-refractivity contribution in [2.75, 3.05) is 0 Å². The fraction of sp³-hybridized carbons (Fsp3) is 0.714. The number of carbonyl (C=O) groups is 2. The molecule has 9 heteroatoms. The van der Waals surface area contributed by atoms with E-state index in [-0.39, 0.29) is 64.2 Å². The highest BCUT2D eigenvalue weighted by Crippen LogP contribution is 2.47. The Morgan fingerprint density at radius 2 is 1.59 bits per heavy atom. The molecule has 7 nitrogen and oxygen atoms in total.